The molecule has 0 N–H and O–H groups in total. The molecular formula is C15H22BrNO2. The van der Waals surface area contributed by atoms with Gasteiger partial charge in [-0.25, -0.2) is 0 Å². The van der Waals surface area contributed by atoms with Crippen molar-refractivity contribution in [3.8, 4) is 5.75 Å². The maximum absolute atomic E-state index is 11.7. The molecule has 1 rings (SSSR count). The molecule has 0 aromatic heterocycles. The number of ether oxygens (including phenoxy) is 1. The van der Waals surface area contributed by atoms with Crippen molar-refractivity contribution < 1.29 is 9.53 Å². The van der Waals surface area contributed by atoms with Crippen LogP contribution in [0.4, 0.5) is 0 Å². The second kappa shape index (κ2) is 7.53. The van der Waals surface area contributed by atoms with Crippen LogP contribution in [0, 0.1) is 13.8 Å². The van der Waals surface area contributed by atoms with Crippen LogP contribution < -0.4 is 4.74 Å². The number of benzene rings is 1. The predicted molar refractivity (Wildman–Crippen MR) is 82.1 cm³/mol. The largest absolute Gasteiger partial charge is 0.493 e. The van der Waals surface area contributed by atoms with E-state index in [1.165, 1.54) is 0 Å². The molecule has 3 nitrogen and oxygen atoms in total. The Hall–Kier alpha value is -1.03. The van der Waals surface area contributed by atoms with Crippen LogP contribution in [-0.2, 0) is 4.79 Å². The molecule has 0 radical (unpaired) electrons. The lowest BCUT2D eigenvalue weighted by Crippen LogP contribution is -2.33. The van der Waals surface area contributed by atoms with Gasteiger partial charge in [-0.15, -0.1) is 0 Å². The third kappa shape index (κ3) is 4.86. The van der Waals surface area contributed by atoms with Crippen LogP contribution >= 0.6 is 15.9 Å². The molecule has 0 aliphatic carbocycles. The zero-order valence-corrected chi connectivity index (χ0v) is 13.7. The van der Waals surface area contributed by atoms with Crippen LogP contribution in [0.3, 0.4) is 0 Å². The lowest BCUT2D eigenvalue weighted by atomic mass is 10.1. The monoisotopic (exact) mass is 327 g/mol. The summed E-state index contributed by atoms with van der Waals surface area (Å²) in [5, 5.41) is 0. The van der Waals surface area contributed by atoms with Crippen LogP contribution in [0.25, 0.3) is 0 Å². The van der Waals surface area contributed by atoms with Crippen molar-refractivity contribution in [3.05, 3.63) is 29.3 Å². The number of rotatable bonds is 6. The molecule has 0 saturated carbocycles. The number of aryl methyl sites for hydroxylation is 2. The fourth-order valence-electron chi connectivity index (χ4n) is 1.92. The van der Waals surface area contributed by atoms with Gasteiger partial charge >= 0.3 is 0 Å². The molecule has 0 bridgehead atoms. The third-order valence-electron chi connectivity index (χ3n) is 3.01. The summed E-state index contributed by atoms with van der Waals surface area (Å²) in [6, 6.07) is 6.12. The smallest absolute Gasteiger partial charge is 0.235 e. The van der Waals surface area contributed by atoms with Crippen molar-refractivity contribution in [1.29, 1.82) is 0 Å². The topological polar surface area (TPSA) is 29.5 Å². The van der Waals surface area contributed by atoms with E-state index in [0.29, 0.717) is 13.2 Å². The van der Waals surface area contributed by atoms with E-state index in [2.05, 4.69) is 15.9 Å². The molecule has 0 aliphatic heterocycles. The minimum Gasteiger partial charge on any atom is -0.493 e. The number of carbonyl (C=O) groups excluding carboxylic acids is 1. The minimum atomic E-state index is -0.128. The number of halogens is 1. The molecule has 1 unspecified atom stereocenters. The highest BCUT2D eigenvalue weighted by Gasteiger charge is 2.13. The summed E-state index contributed by atoms with van der Waals surface area (Å²) >= 11 is 3.28. The highest BCUT2D eigenvalue weighted by Crippen LogP contribution is 2.22. The van der Waals surface area contributed by atoms with Gasteiger partial charge in [0.15, 0.2) is 0 Å². The van der Waals surface area contributed by atoms with Gasteiger partial charge in [0.05, 0.1) is 11.4 Å². The van der Waals surface area contributed by atoms with Crippen LogP contribution in [-0.4, -0.2) is 35.8 Å². The third-order valence-corrected chi connectivity index (χ3v) is 3.40. The minimum absolute atomic E-state index is 0.104. The Balaban J connectivity index is 2.37. The van der Waals surface area contributed by atoms with Crippen molar-refractivity contribution in [2.24, 2.45) is 0 Å². The number of carbonyl (C=O) groups is 1. The first-order valence-electron chi connectivity index (χ1n) is 6.51. The average molecular weight is 328 g/mol. The van der Waals surface area contributed by atoms with Crippen molar-refractivity contribution in [2.75, 3.05) is 20.2 Å². The Morgan fingerprint density at radius 3 is 2.47 bits per heavy atom. The van der Waals surface area contributed by atoms with Gasteiger partial charge in [0.25, 0.3) is 0 Å². The molecule has 1 atom stereocenters. The molecule has 106 valence electrons. The zero-order valence-electron chi connectivity index (χ0n) is 12.1. The Labute approximate surface area is 124 Å². The van der Waals surface area contributed by atoms with E-state index in [0.717, 1.165) is 23.3 Å². The molecule has 0 saturated heterocycles. The van der Waals surface area contributed by atoms with E-state index in [-0.39, 0.29) is 10.7 Å². The van der Waals surface area contributed by atoms with Gasteiger partial charge in [0.2, 0.25) is 5.91 Å². The Kier molecular flexibility index (Phi) is 6.35. The van der Waals surface area contributed by atoms with Crippen LogP contribution in [0.2, 0.25) is 0 Å². The second-order valence-electron chi connectivity index (χ2n) is 4.80. The van der Waals surface area contributed by atoms with Crippen molar-refractivity contribution in [2.45, 2.75) is 32.0 Å². The summed E-state index contributed by atoms with van der Waals surface area (Å²) in [5.74, 6) is 1.07. The number of nitrogens with zero attached hydrogens (tertiary/aromatic N) is 1. The molecule has 19 heavy (non-hydrogen) atoms. The predicted octanol–water partition coefficient (Wildman–Crippen LogP) is 3.31. The molecule has 1 amide bonds. The van der Waals surface area contributed by atoms with E-state index >= 15 is 0 Å². The van der Waals surface area contributed by atoms with E-state index in [1.807, 2.05) is 46.0 Å². The van der Waals surface area contributed by atoms with Gasteiger partial charge in [-0.1, -0.05) is 34.1 Å². The maximum Gasteiger partial charge on any atom is 0.235 e. The van der Waals surface area contributed by atoms with Gasteiger partial charge in [0.1, 0.15) is 5.75 Å². The highest BCUT2D eigenvalue weighted by atomic mass is 79.9. The summed E-state index contributed by atoms with van der Waals surface area (Å²) in [5.41, 5.74) is 2.30. The van der Waals surface area contributed by atoms with Crippen LogP contribution in [0.5, 0.6) is 5.75 Å². The van der Waals surface area contributed by atoms with Gasteiger partial charge < -0.3 is 9.64 Å². The van der Waals surface area contributed by atoms with Crippen LogP contribution in [0.1, 0.15) is 24.5 Å². The summed E-state index contributed by atoms with van der Waals surface area (Å²) < 4.78 is 5.81. The molecule has 0 heterocycles. The van der Waals surface area contributed by atoms with Crippen molar-refractivity contribution in [3.63, 3.8) is 0 Å². The van der Waals surface area contributed by atoms with Gasteiger partial charge in [-0.3, -0.25) is 4.79 Å². The number of hydrogen-bond donors (Lipinski definition) is 0. The molecule has 0 fully saturated rings. The highest BCUT2D eigenvalue weighted by molar-refractivity contribution is 9.10. The molecular weight excluding hydrogens is 306 g/mol. The first-order chi connectivity index (χ1) is 8.93. The SMILES string of the molecule is Cc1cccc(C)c1OCCCN(C)C(=O)C(C)Br. The first-order valence-corrected chi connectivity index (χ1v) is 7.43. The van der Waals surface area contributed by atoms with Crippen LogP contribution in [0.15, 0.2) is 18.2 Å². The summed E-state index contributed by atoms with van der Waals surface area (Å²) in [7, 11) is 1.82. The first kappa shape index (κ1) is 16.0. The fraction of sp³-hybridized carbons (Fsp3) is 0.533. The lowest BCUT2D eigenvalue weighted by Gasteiger charge is -2.19. The molecule has 4 heteroatoms. The van der Waals surface area contributed by atoms with E-state index in [1.54, 1.807) is 4.90 Å². The molecule has 1 aromatic carbocycles. The Bertz CT molecular complexity index is 412. The van der Waals surface area contributed by atoms with Crippen molar-refractivity contribution in [1.82, 2.24) is 4.90 Å². The van der Waals surface area contributed by atoms with E-state index in [4.69, 9.17) is 4.74 Å². The number of hydrogen-bond acceptors (Lipinski definition) is 2. The van der Waals surface area contributed by atoms with E-state index < -0.39 is 0 Å². The number of amides is 1. The molecule has 0 spiro atoms. The molecule has 1 aromatic rings. The second-order valence-corrected chi connectivity index (χ2v) is 6.17. The van der Waals surface area contributed by atoms with Gasteiger partial charge in [0, 0.05) is 13.6 Å². The maximum atomic E-state index is 11.7. The Morgan fingerprint density at radius 2 is 1.95 bits per heavy atom. The summed E-state index contributed by atoms with van der Waals surface area (Å²) in [6.45, 7) is 7.26. The quantitative estimate of drug-likeness (QED) is 0.592. The number of alkyl halides is 1. The molecule has 0 aliphatic rings. The van der Waals surface area contributed by atoms with Gasteiger partial charge in [-0.05, 0) is 38.3 Å². The lowest BCUT2D eigenvalue weighted by molar-refractivity contribution is -0.128. The van der Waals surface area contributed by atoms with E-state index in [9.17, 15) is 4.79 Å². The fourth-order valence-corrected chi connectivity index (χ4v) is 2.27. The Morgan fingerprint density at radius 1 is 1.37 bits per heavy atom. The normalized spacial score (nSPS) is 12.1. The summed E-state index contributed by atoms with van der Waals surface area (Å²) in [4.78, 5) is 13.3. The number of para-hydroxylation sites is 1. The van der Waals surface area contributed by atoms with Crippen molar-refractivity contribution >= 4 is 21.8 Å². The standard InChI is InChI=1S/C15H22BrNO2/c1-11-7-5-8-12(2)14(11)19-10-6-9-17(4)15(18)13(3)16/h5,7-8,13H,6,9-10H2,1-4H3. The zero-order chi connectivity index (χ0) is 14.4. The summed E-state index contributed by atoms with van der Waals surface area (Å²) in [6.07, 6.45) is 0.829. The average Bonchev–Trinajstić information content (AvgIpc) is 2.36. The van der Waals surface area contributed by atoms with Gasteiger partial charge in [-0.2, -0.15) is 0 Å².